The van der Waals surface area contributed by atoms with E-state index in [1.807, 2.05) is 27.7 Å². The normalized spacial score (nSPS) is 12.7. The van der Waals surface area contributed by atoms with Crippen LogP contribution in [0.3, 0.4) is 0 Å². The molecular formula is C19H30N2O5S. The molecule has 27 heavy (non-hydrogen) atoms. The summed E-state index contributed by atoms with van der Waals surface area (Å²) in [6.45, 7) is 10.9. The number of aromatic hydroxyl groups is 1. The largest absolute Gasteiger partial charge is 0.505 e. The van der Waals surface area contributed by atoms with Crippen LogP contribution < -0.4 is 4.74 Å². The molecule has 0 spiro atoms. The number of hydrogen-bond donors (Lipinski definition) is 3. The van der Waals surface area contributed by atoms with Crippen molar-refractivity contribution in [3.05, 3.63) is 18.0 Å². The van der Waals surface area contributed by atoms with Crippen molar-refractivity contribution in [1.29, 1.82) is 5.41 Å². The number of pyridine rings is 1. The first-order chi connectivity index (χ1) is 12.2. The quantitative estimate of drug-likeness (QED) is 0.427. The fourth-order valence-corrected chi connectivity index (χ4v) is 3.42. The third kappa shape index (κ3) is 7.03. The zero-order valence-electron chi connectivity index (χ0n) is 17.0. The van der Waals surface area contributed by atoms with Gasteiger partial charge in [-0.15, -0.1) is 11.8 Å². The lowest BCUT2D eigenvalue weighted by molar-refractivity contribution is -0.145. The summed E-state index contributed by atoms with van der Waals surface area (Å²) >= 11 is 1.03. The highest BCUT2D eigenvalue weighted by Gasteiger charge is 2.31. The molecule has 1 aromatic rings. The Kier molecular flexibility index (Phi) is 7.30. The Morgan fingerprint density at radius 3 is 2.30 bits per heavy atom. The first-order valence-corrected chi connectivity index (χ1v) is 9.56. The third-order valence-electron chi connectivity index (χ3n) is 4.01. The molecule has 8 heteroatoms. The molecule has 0 saturated heterocycles. The smallest absolute Gasteiger partial charge is 0.309 e. The van der Waals surface area contributed by atoms with E-state index in [1.165, 1.54) is 12.3 Å². The number of ether oxygens (including phenoxy) is 2. The van der Waals surface area contributed by atoms with E-state index in [2.05, 4.69) is 4.98 Å². The molecule has 0 aliphatic heterocycles. The second-order valence-corrected chi connectivity index (χ2v) is 9.33. The van der Waals surface area contributed by atoms with E-state index < -0.39 is 17.0 Å². The number of aromatic nitrogens is 1. The average Bonchev–Trinajstić information content (AvgIpc) is 2.51. The molecule has 0 bridgehead atoms. The molecule has 3 N–H and O–H groups in total. The van der Waals surface area contributed by atoms with E-state index in [0.717, 1.165) is 11.8 Å². The Bertz CT molecular complexity index is 701. The van der Waals surface area contributed by atoms with Crippen LogP contribution in [0.1, 0.15) is 53.7 Å². The summed E-state index contributed by atoms with van der Waals surface area (Å²) in [6, 6.07) is 1.42. The lowest BCUT2D eigenvalue weighted by atomic mass is 9.92. The summed E-state index contributed by atoms with van der Waals surface area (Å²) in [6.07, 6.45) is 2.07. The van der Waals surface area contributed by atoms with Crippen molar-refractivity contribution in [2.24, 2.45) is 5.41 Å². The van der Waals surface area contributed by atoms with Crippen molar-refractivity contribution in [2.75, 3.05) is 12.9 Å². The molecule has 0 atom stereocenters. The van der Waals surface area contributed by atoms with Crippen molar-refractivity contribution in [3.8, 4) is 11.5 Å². The van der Waals surface area contributed by atoms with Crippen LogP contribution in [0.25, 0.3) is 0 Å². The van der Waals surface area contributed by atoms with Crippen molar-refractivity contribution in [3.63, 3.8) is 0 Å². The number of rotatable bonds is 9. The highest BCUT2D eigenvalue weighted by atomic mass is 32.2. The first-order valence-electron chi connectivity index (χ1n) is 8.57. The highest BCUT2D eigenvalue weighted by molar-refractivity contribution is 8.14. The maximum absolute atomic E-state index is 11.2. The van der Waals surface area contributed by atoms with E-state index in [1.54, 1.807) is 21.0 Å². The van der Waals surface area contributed by atoms with Crippen LogP contribution in [0.5, 0.6) is 11.5 Å². The second-order valence-electron chi connectivity index (χ2n) is 8.35. The van der Waals surface area contributed by atoms with Gasteiger partial charge in [-0.1, -0.05) is 0 Å². The number of methoxy groups -OCH3 is 1. The van der Waals surface area contributed by atoms with Gasteiger partial charge in [0, 0.05) is 25.3 Å². The lowest BCUT2D eigenvalue weighted by Gasteiger charge is -2.34. The van der Waals surface area contributed by atoms with Gasteiger partial charge in [0.1, 0.15) is 27.8 Å². The molecule has 152 valence electrons. The van der Waals surface area contributed by atoms with E-state index in [0.29, 0.717) is 12.2 Å². The van der Waals surface area contributed by atoms with E-state index in [-0.39, 0.29) is 27.8 Å². The van der Waals surface area contributed by atoms with Gasteiger partial charge in [-0.25, -0.2) is 4.98 Å². The number of carboxylic acid groups (broad SMARTS) is 1. The first kappa shape index (κ1) is 23.2. The number of hydrogen-bond acceptors (Lipinski definition) is 7. The number of aliphatic carboxylic acids is 1. The van der Waals surface area contributed by atoms with E-state index in [9.17, 15) is 9.90 Å². The predicted octanol–water partition coefficient (Wildman–Crippen LogP) is 3.93. The molecule has 0 fully saturated rings. The molecule has 0 aromatic carbocycles. The second kappa shape index (κ2) is 8.48. The monoisotopic (exact) mass is 398 g/mol. The predicted molar refractivity (Wildman–Crippen MR) is 107 cm³/mol. The molecule has 0 aliphatic rings. The van der Waals surface area contributed by atoms with Crippen LogP contribution in [-0.4, -0.2) is 50.3 Å². The van der Waals surface area contributed by atoms with Crippen LogP contribution in [0, 0.1) is 10.8 Å². The Balaban J connectivity index is 2.84. The van der Waals surface area contributed by atoms with Crippen molar-refractivity contribution in [1.82, 2.24) is 4.98 Å². The van der Waals surface area contributed by atoms with E-state index >= 15 is 0 Å². The van der Waals surface area contributed by atoms with Gasteiger partial charge in [0.2, 0.25) is 0 Å². The minimum Gasteiger partial charge on any atom is -0.505 e. The van der Waals surface area contributed by atoms with Gasteiger partial charge in [0.15, 0.2) is 0 Å². The van der Waals surface area contributed by atoms with Gasteiger partial charge < -0.3 is 19.7 Å². The molecule has 1 rings (SSSR count). The molecule has 0 amide bonds. The van der Waals surface area contributed by atoms with Gasteiger partial charge in [0.25, 0.3) is 0 Å². The zero-order chi connectivity index (χ0) is 21.0. The fourth-order valence-electron chi connectivity index (χ4n) is 2.50. The van der Waals surface area contributed by atoms with E-state index in [4.69, 9.17) is 20.0 Å². The molecule has 0 saturated carbocycles. The summed E-state index contributed by atoms with van der Waals surface area (Å²) in [5.74, 6) is -0.540. The number of nitrogens with zero attached hydrogens (tertiary/aromatic N) is 1. The minimum absolute atomic E-state index is 0.00755. The van der Waals surface area contributed by atoms with Crippen molar-refractivity contribution >= 4 is 22.8 Å². The highest BCUT2D eigenvalue weighted by Crippen LogP contribution is 2.32. The SMILES string of the molecule is COC(C)(C)CC(C)(C)Oc1cnc(C(=N)SCC(C)(C)C(=O)O)c(O)c1. The Labute approximate surface area is 165 Å². The fraction of sp³-hybridized carbons (Fsp3) is 0.632. The minimum atomic E-state index is -0.978. The van der Waals surface area contributed by atoms with Crippen LogP contribution in [0.15, 0.2) is 12.3 Å². The van der Waals surface area contributed by atoms with Crippen molar-refractivity contribution < 1.29 is 24.5 Å². The number of carboxylic acids is 1. The summed E-state index contributed by atoms with van der Waals surface area (Å²) in [5.41, 5.74) is -1.80. The van der Waals surface area contributed by atoms with Crippen LogP contribution >= 0.6 is 11.8 Å². The number of carbonyl (C=O) groups is 1. The van der Waals surface area contributed by atoms with Crippen molar-refractivity contribution in [2.45, 2.75) is 59.2 Å². The van der Waals surface area contributed by atoms with Crippen LogP contribution in [0.4, 0.5) is 0 Å². The molecule has 0 radical (unpaired) electrons. The van der Waals surface area contributed by atoms with Gasteiger partial charge in [-0.2, -0.15) is 0 Å². The van der Waals surface area contributed by atoms with Gasteiger partial charge in [-0.3, -0.25) is 10.2 Å². The third-order valence-corrected chi connectivity index (χ3v) is 5.36. The maximum Gasteiger partial charge on any atom is 0.309 e. The van der Waals surface area contributed by atoms with Crippen LogP contribution in [-0.2, 0) is 9.53 Å². The Hall–Kier alpha value is -1.80. The van der Waals surface area contributed by atoms with Crippen LogP contribution in [0.2, 0.25) is 0 Å². The maximum atomic E-state index is 11.2. The molecule has 0 unspecified atom stereocenters. The lowest BCUT2D eigenvalue weighted by Crippen LogP contribution is -2.38. The summed E-state index contributed by atoms with van der Waals surface area (Å²) < 4.78 is 11.4. The molecular weight excluding hydrogens is 368 g/mol. The molecule has 1 aromatic heterocycles. The van der Waals surface area contributed by atoms with Gasteiger partial charge in [0.05, 0.1) is 17.2 Å². The molecule has 7 nitrogen and oxygen atoms in total. The average molecular weight is 399 g/mol. The van der Waals surface area contributed by atoms with Gasteiger partial charge in [-0.05, 0) is 41.5 Å². The summed E-state index contributed by atoms with van der Waals surface area (Å²) in [4.78, 5) is 15.3. The standard InChI is InChI=1S/C19H30N2O5S/c1-17(2,16(23)24)11-27-15(20)14-13(22)8-12(9-21-14)26-19(5,6)10-18(3,4)25-7/h8-9,20,22H,10-11H2,1-7H3,(H,23,24). The topological polar surface area (TPSA) is 113 Å². The zero-order valence-corrected chi connectivity index (χ0v) is 17.9. The Morgan fingerprint density at radius 2 is 1.81 bits per heavy atom. The Morgan fingerprint density at radius 1 is 1.22 bits per heavy atom. The number of thioether (sulfide) groups is 1. The molecule has 1 heterocycles. The van der Waals surface area contributed by atoms with Gasteiger partial charge >= 0.3 is 5.97 Å². The molecule has 0 aliphatic carbocycles. The summed E-state index contributed by atoms with van der Waals surface area (Å²) in [7, 11) is 1.65. The number of nitrogens with one attached hydrogen (secondary N) is 1. The summed E-state index contributed by atoms with van der Waals surface area (Å²) in [5, 5.41) is 27.5.